The van der Waals surface area contributed by atoms with Crippen molar-refractivity contribution in [2.75, 3.05) is 11.4 Å². The average molecular weight is 589 g/mol. The topological polar surface area (TPSA) is 42.3 Å². The first-order valence-electron chi connectivity index (χ1n) is 16.4. The van der Waals surface area contributed by atoms with Crippen LogP contribution in [0.4, 0.5) is 11.4 Å². The maximum absolute atomic E-state index is 6.75. The molecule has 1 N–H and O–H groups in total. The smallest absolute Gasteiger partial charge is 0.141 e. The zero-order chi connectivity index (χ0) is 30.2. The minimum absolute atomic E-state index is 0.0946. The van der Waals surface area contributed by atoms with Crippen molar-refractivity contribution in [3.8, 4) is 17.3 Å². The van der Waals surface area contributed by atoms with Crippen LogP contribution in [0.15, 0.2) is 91.1 Å². The lowest BCUT2D eigenvalue weighted by Gasteiger charge is -2.43. The van der Waals surface area contributed by atoms with E-state index in [9.17, 15) is 0 Å². The fraction of sp³-hybridized carbons (Fsp3) is 0.275. The SMILES string of the molecule is CC1(C)c2ccc(Oc3ccc4c5cccc6c5n(c4c3)-c3ncccc3C6(C)C)cc2N2c3c(cccc31)C1CCCNC12. The molecule has 0 bridgehead atoms. The Balaban J connectivity index is 1.12. The van der Waals surface area contributed by atoms with Gasteiger partial charge in [0.15, 0.2) is 0 Å². The molecule has 2 atom stereocenters. The quantitative estimate of drug-likeness (QED) is 0.219. The van der Waals surface area contributed by atoms with E-state index in [0.717, 1.165) is 29.4 Å². The zero-order valence-electron chi connectivity index (χ0n) is 26.2. The number of pyridine rings is 1. The molecule has 10 rings (SSSR count). The molecule has 6 aromatic rings. The summed E-state index contributed by atoms with van der Waals surface area (Å²) in [7, 11) is 0. The van der Waals surface area contributed by atoms with E-state index in [1.165, 1.54) is 68.3 Å². The summed E-state index contributed by atoms with van der Waals surface area (Å²) in [6.45, 7) is 10.4. The standard InChI is InChI=1S/C40H36N4O/c1-39(2)29-18-16-24(22-34(29)44-36-27(10-6-12-30(36)39)28-11-7-19-41-37(28)44)45-23-15-17-25-26-9-5-13-31-35(26)43(33(25)21-23)38-32(40(31,3)4)14-8-20-42-38/h5-6,8-10,12-18,20-22,28,37,41H,7,11,19H2,1-4H3. The molecule has 0 amide bonds. The second-order valence-electron chi connectivity index (χ2n) is 14.4. The molecule has 4 aromatic carbocycles. The number of rotatable bonds is 2. The van der Waals surface area contributed by atoms with Crippen molar-refractivity contribution >= 4 is 33.2 Å². The minimum atomic E-state index is -0.135. The Hall–Kier alpha value is -4.61. The Morgan fingerprint density at radius 3 is 2.47 bits per heavy atom. The first-order valence-corrected chi connectivity index (χ1v) is 16.4. The van der Waals surface area contributed by atoms with Crippen LogP contribution in [-0.4, -0.2) is 22.3 Å². The Labute approximate surface area is 263 Å². The summed E-state index contributed by atoms with van der Waals surface area (Å²) in [5.74, 6) is 3.21. The molecule has 5 nitrogen and oxygen atoms in total. The maximum atomic E-state index is 6.75. The highest BCUT2D eigenvalue weighted by Crippen LogP contribution is 2.58. The van der Waals surface area contributed by atoms with Gasteiger partial charge in [0.05, 0.1) is 28.6 Å². The van der Waals surface area contributed by atoms with E-state index in [2.05, 4.69) is 127 Å². The molecule has 0 spiro atoms. The molecule has 4 aliphatic rings. The van der Waals surface area contributed by atoms with Gasteiger partial charge in [-0.3, -0.25) is 9.88 Å². The fourth-order valence-electron chi connectivity index (χ4n) is 9.14. The molecular formula is C40H36N4O. The van der Waals surface area contributed by atoms with Crippen molar-refractivity contribution in [3.63, 3.8) is 0 Å². The van der Waals surface area contributed by atoms with Crippen molar-refractivity contribution in [1.82, 2.24) is 14.9 Å². The van der Waals surface area contributed by atoms with Crippen LogP contribution in [0.25, 0.3) is 27.6 Å². The highest BCUT2D eigenvalue weighted by atomic mass is 16.5. The lowest BCUT2D eigenvalue weighted by molar-refractivity contribution is 0.373. The highest BCUT2D eigenvalue weighted by Gasteiger charge is 2.48. The number of piperidine rings is 1. The number of ether oxygens (including phenoxy) is 1. The van der Waals surface area contributed by atoms with Gasteiger partial charge >= 0.3 is 0 Å². The highest BCUT2D eigenvalue weighted by molar-refractivity contribution is 6.11. The third kappa shape index (κ3) is 3.19. The van der Waals surface area contributed by atoms with Gasteiger partial charge in [0.2, 0.25) is 0 Å². The summed E-state index contributed by atoms with van der Waals surface area (Å²) in [6, 6.07) is 31.2. The molecule has 0 aliphatic carbocycles. The predicted octanol–water partition coefficient (Wildman–Crippen LogP) is 9.19. The van der Waals surface area contributed by atoms with E-state index >= 15 is 0 Å². The number of anilines is 2. The summed E-state index contributed by atoms with van der Waals surface area (Å²) >= 11 is 0. The summed E-state index contributed by atoms with van der Waals surface area (Å²) in [5, 5.41) is 6.35. The monoisotopic (exact) mass is 588 g/mol. The molecule has 222 valence electrons. The molecule has 4 aliphatic heterocycles. The number of nitrogens with one attached hydrogen (secondary N) is 1. The van der Waals surface area contributed by atoms with Crippen LogP contribution >= 0.6 is 0 Å². The number of hydrogen-bond acceptors (Lipinski definition) is 4. The lowest BCUT2D eigenvalue weighted by Crippen LogP contribution is -2.48. The fourth-order valence-corrected chi connectivity index (χ4v) is 9.14. The van der Waals surface area contributed by atoms with E-state index in [1.54, 1.807) is 0 Å². The van der Waals surface area contributed by atoms with Crippen molar-refractivity contribution in [2.24, 2.45) is 0 Å². The van der Waals surface area contributed by atoms with Crippen molar-refractivity contribution in [3.05, 3.63) is 119 Å². The second kappa shape index (κ2) is 8.55. The van der Waals surface area contributed by atoms with E-state index in [-0.39, 0.29) is 17.0 Å². The van der Waals surface area contributed by atoms with E-state index in [1.807, 2.05) is 6.20 Å². The summed E-state index contributed by atoms with van der Waals surface area (Å²) in [5.41, 5.74) is 11.6. The molecule has 1 saturated heterocycles. The second-order valence-corrected chi connectivity index (χ2v) is 14.4. The van der Waals surface area contributed by atoms with Crippen molar-refractivity contribution in [2.45, 2.75) is 63.5 Å². The molecule has 5 heteroatoms. The number of fused-ring (bicyclic) bond motifs is 10. The third-order valence-electron chi connectivity index (χ3n) is 11.3. The van der Waals surface area contributed by atoms with Gasteiger partial charge in [-0.2, -0.15) is 0 Å². The number of hydrogen-bond donors (Lipinski definition) is 1. The maximum Gasteiger partial charge on any atom is 0.141 e. The first kappa shape index (κ1) is 25.7. The first-order chi connectivity index (χ1) is 21.8. The van der Waals surface area contributed by atoms with Gasteiger partial charge in [-0.15, -0.1) is 0 Å². The third-order valence-corrected chi connectivity index (χ3v) is 11.3. The van der Waals surface area contributed by atoms with Crippen LogP contribution in [0.2, 0.25) is 0 Å². The number of aromatic nitrogens is 2. The Kier molecular flexibility index (Phi) is 4.88. The van der Waals surface area contributed by atoms with Crippen LogP contribution in [0.1, 0.15) is 74.3 Å². The lowest BCUT2D eigenvalue weighted by atomic mass is 9.73. The van der Waals surface area contributed by atoms with Gasteiger partial charge in [-0.05, 0) is 65.9 Å². The normalized spacial score (nSPS) is 21.3. The average Bonchev–Trinajstić information content (AvgIpc) is 3.56. The summed E-state index contributed by atoms with van der Waals surface area (Å²) in [4.78, 5) is 7.51. The molecular weight excluding hydrogens is 552 g/mol. The number of para-hydroxylation sites is 2. The molecule has 0 saturated carbocycles. The van der Waals surface area contributed by atoms with Crippen molar-refractivity contribution < 1.29 is 4.74 Å². The van der Waals surface area contributed by atoms with Crippen LogP contribution in [-0.2, 0) is 10.8 Å². The molecule has 2 unspecified atom stereocenters. The summed E-state index contributed by atoms with van der Waals surface area (Å²) < 4.78 is 9.09. The largest absolute Gasteiger partial charge is 0.457 e. The van der Waals surface area contributed by atoms with Crippen molar-refractivity contribution in [1.29, 1.82) is 0 Å². The molecule has 6 heterocycles. The number of nitrogens with zero attached hydrogens (tertiary/aromatic N) is 3. The van der Waals surface area contributed by atoms with Gasteiger partial charge in [0.25, 0.3) is 0 Å². The molecule has 45 heavy (non-hydrogen) atoms. The van der Waals surface area contributed by atoms with Gasteiger partial charge in [0, 0.05) is 51.4 Å². The molecule has 1 fully saturated rings. The van der Waals surface area contributed by atoms with E-state index in [0.29, 0.717) is 5.92 Å². The van der Waals surface area contributed by atoms with Gasteiger partial charge < -0.3 is 9.64 Å². The van der Waals surface area contributed by atoms with Crippen LogP contribution in [0.3, 0.4) is 0 Å². The Morgan fingerprint density at radius 1 is 0.778 bits per heavy atom. The molecule has 2 aromatic heterocycles. The van der Waals surface area contributed by atoms with Gasteiger partial charge in [0.1, 0.15) is 17.3 Å². The Bertz CT molecular complexity index is 2240. The van der Waals surface area contributed by atoms with Crippen LogP contribution in [0, 0.1) is 0 Å². The Morgan fingerprint density at radius 2 is 1.56 bits per heavy atom. The predicted molar refractivity (Wildman–Crippen MR) is 182 cm³/mol. The van der Waals surface area contributed by atoms with E-state index < -0.39 is 0 Å². The minimum Gasteiger partial charge on any atom is -0.457 e. The van der Waals surface area contributed by atoms with Gasteiger partial charge in [-0.1, -0.05) is 76.2 Å². The van der Waals surface area contributed by atoms with Gasteiger partial charge in [-0.25, -0.2) is 4.98 Å². The van der Waals surface area contributed by atoms with Crippen LogP contribution < -0.4 is 15.0 Å². The number of benzene rings is 4. The zero-order valence-corrected chi connectivity index (χ0v) is 26.2. The van der Waals surface area contributed by atoms with Crippen LogP contribution in [0.5, 0.6) is 11.5 Å². The molecule has 0 radical (unpaired) electrons. The summed E-state index contributed by atoms with van der Waals surface area (Å²) in [6.07, 6.45) is 4.63. The van der Waals surface area contributed by atoms with E-state index in [4.69, 9.17) is 9.72 Å².